The lowest BCUT2D eigenvalue weighted by atomic mass is 10.1. The molecule has 1 amide bonds. The second kappa shape index (κ2) is 8.59. The van der Waals surface area contributed by atoms with Crippen molar-refractivity contribution >= 4 is 21.7 Å². The lowest BCUT2D eigenvalue weighted by molar-refractivity contribution is 0.102. The summed E-state index contributed by atoms with van der Waals surface area (Å²) in [5.74, 6) is 0.517. The first kappa shape index (κ1) is 21.4. The van der Waals surface area contributed by atoms with E-state index in [4.69, 9.17) is 8.92 Å². The van der Waals surface area contributed by atoms with E-state index >= 15 is 0 Å². The van der Waals surface area contributed by atoms with E-state index in [-0.39, 0.29) is 16.6 Å². The number of methoxy groups -OCH3 is 1. The maximum Gasteiger partial charge on any atom is 0.339 e. The van der Waals surface area contributed by atoms with E-state index in [2.05, 4.69) is 5.32 Å². The lowest BCUT2D eigenvalue weighted by Crippen LogP contribution is -2.14. The van der Waals surface area contributed by atoms with Gasteiger partial charge in [0.1, 0.15) is 16.4 Å². The number of nitrogens with one attached hydrogen (secondary N) is 1. The zero-order valence-corrected chi connectivity index (χ0v) is 18.0. The van der Waals surface area contributed by atoms with Crippen LogP contribution in [0.3, 0.4) is 0 Å². The van der Waals surface area contributed by atoms with Gasteiger partial charge in [0.15, 0.2) is 0 Å². The normalized spacial score (nSPS) is 11.1. The van der Waals surface area contributed by atoms with Crippen molar-refractivity contribution in [1.82, 2.24) is 0 Å². The molecule has 156 valence electrons. The molecule has 0 bridgehead atoms. The zero-order chi connectivity index (χ0) is 21.9. The number of amides is 1. The molecule has 0 unspecified atom stereocenters. The molecule has 0 aliphatic rings. The third-order valence-corrected chi connectivity index (χ3v) is 6.10. The number of carbonyl (C=O) groups is 1. The number of hydrogen-bond acceptors (Lipinski definition) is 5. The minimum absolute atomic E-state index is 0.0251. The highest BCUT2D eigenvalue weighted by atomic mass is 32.2. The van der Waals surface area contributed by atoms with Crippen molar-refractivity contribution in [3.63, 3.8) is 0 Å². The summed E-state index contributed by atoms with van der Waals surface area (Å²) in [6.07, 6.45) is 0. The van der Waals surface area contributed by atoms with Crippen molar-refractivity contribution in [2.24, 2.45) is 0 Å². The summed E-state index contributed by atoms with van der Waals surface area (Å²) in [5.41, 5.74) is 3.54. The molecule has 6 nitrogen and oxygen atoms in total. The first-order valence-electron chi connectivity index (χ1n) is 9.28. The fourth-order valence-electron chi connectivity index (χ4n) is 2.83. The van der Waals surface area contributed by atoms with Gasteiger partial charge in [0.05, 0.1) is 7.11 Å². The molecule has 0 fully saturated rings. The molecule has 1 N–H and O–H groups in total. The largest absolute Gasteiger partial charge is 0.497 e. The monoisotopic (exact) mass is 425 g/mol. The Labute approximate surface area is 176 Å². The van der Waals surface area contributed by atoms with E-state index in [1.165, 1.54) is 25.3 Å². The molecule has 0 saturated heterocycles. The van der Waals surface area contributed by atoms with Gasteiger partial charge in [0.25, 0.3) is 5.91 Å². The molecule has 0 heterocycles. The van der Waals surface area contributed by atoms with Gasteiger partial charge in [-0.3, -0.25) is 4.79 Å². The number of rotatable bonds is 6. The Kier molecular flexibility index (Phi) is 6.12. The maximum absolute atomic E-state index is 12.6. The number of aryl methyl sites for hydroxylation is 1. The molecule has 0 aliphatic carbocycles. The summed E-state index contributed by atoms with van der Waals surface area (Å²) < 4.78 is 35.6. The summed E-state index contributed by atoms with van der Waals surface area (Å²) >= 11 is 0. The Morgan fingerprint density at radius 2 is 1.47 bits per heavy atom. The molecule has 0 radical (unpaired) electrons. The highest BCUT2D eigenvalue weighted by Gasteiger charge is 2.19. The molecule has 0 saturated carbocycles. The third-order valence-electron chi connectivity index (χ3n) is 4.85. The van der Waals surface area contributed by atoms with Crippen LogP contribution in [0, 0.1) is 20.8 Å². The highest BCUT2D eigenvalue weighted by molar-refractivity contribution is 7.87. The van der Waals surface area contributed by atoms with E-state index in [0.717, 1.165) is 11.1 Å². The fourth-order valence-corrected chi connectivity index (χ4v) is 3.81. The number of ether oxygens (including phenoxy) is 1. The molecule has 0 spiro atoms. The molecular formula is C23H23NO5S. The van der Waals surface area contributed by atoms with E-state index in [0.29, 0.717) is 22.6 Å². The van der Waals surface area contributed by atoms with E-state index in [1.807, 2.05) is 19.1 Å². The number of benzene rings is 3. The van der Waals surface area contributed by atoms with Gasteiger partial charge in [0.2, 0.25) is 0 Å². The van der Waals surface area contributed by atoms with Crippen LogP contribution in [0.2, 0.25) is 0 Å². The predicted molar refractivity (Wildman–Crippen MR) is 116 cm³/mol. The Hall–Kier alpha value is -3.32. The van der Waals surface area contributed by atoms with Crippen molar-refractivity contribution in [1.29, 1.82) is 0 Å². The molecule has 0 aliphatic heterocycles. The SMILES string of the molecule is COc1ccc(S(=O)(=O)Oc2ccc(NC(=O)c3ccc(C)cc3)c(C)c2C)cc1. The Balaban J connectivity index is 1.81. The maximum atomic E-state index is 12.6. The average molecular weight is 426 g/mol. The molecule has 3 rings (SSSR count). The highest BCUT2D eigenvalue weighted by Crippen LogP contribution is 2.30. The molecule has 0 aromatic heterocycles. The van der Waals surface area contributed by atoms with E-state index < -0.39 is 10.1 Å². The summed E-state index contributed by atoms with van der Waals surface area (Å²) in [6.45, 7) is 5.50. The van der Waals surface area contributed by atoms with Gasteiger partial charge in [-0.15, -0.1) is 0 Å². The van der Waals surface area contributed by atoms with Crippen molar-refractivity contribution in [3.8, 4) is 11.5 Å². The van der Waals surface area contributed by atoms with Gasteiger partial charge in [-0.1, -0.05) is 17.7 Å². The van der Waals surface area contributed by atoms with Crippen LogP contribution in [0.4, 0.5) is 5.69 Å². The van der Waals surface area contributed by atoms with Crippen LogP contribution in [-0.2, 0) is 10.1 Å². The van der Waals surface area contributed by atoms with Gasteiger partial charge in [-0.2, -0.15) is 8.42 Å². The van der Waals surface area contributed by atoms with Crippen LogP contribution in [0.1, 0.15) is 27.0 Å². The van der Waals surface area contributed by atoms with E-state index in [1.54, 1.807) is 44.2 Å². The zero-order valence-electron chi connectivity index (χ0n) is 17.2. The predicted octanol–water partition coefficient (Wildman–Crippen LogP) is 4.64. The molecule has 3 aromatic rings. The van der Waals surface area contributed by atoms with Gasteiger partial charge in [0, 0.05) is 11.3 Å². The van der Waals surface area contributed by atoms with Gasteiger partial charge < -0.3 is 14.2 Å². The Morgan fingerprint density at radius 3 is 2.07 bits per heavy atom. The number of carbonyl (C=O) groups excluding carboxylic acids is 1. The van der Waals surface area contributed by atoms with Crippen molar-refractivity contribution in [2.75, 3.05) is 12.4 Å². The van der Waals surface area contributed by atoms with Gasteiger partial charge in [-0.05, 0) is 80.4 Å². The van der Waals surface area contributed by atoms with Crippen LogP contribution < -0.4 is 14.2 Å². The molecular weight excluding hydrogens is 402 g/mol. The first-order valence-corrected chi connectivity index (χ1v) is 10.7. The number of anilines is 1. The Bertz CT molecular complexity index is 1170. The molecule has 7 heteroatoms. The van der Waals surface area contributed by atoms with Crippen LogP contribution in [0.5, 0.6) is 11.5 Å². The lowest BCUT2D eigenvalue weighted by Gasteiger charge is -2.15. The minimum atomic E-state index is -4.00. The minimum Gasteiger partial charge on any atom is -0.497 e. The van der Waals surface area contributed by atoms with Crippen LogP contribution in [0.25, 0.3) is 0 Å². The summed E-state index contributed by atoms with van der Waals surface area (Å²) in [4.78, 5) is 12.5. The van der Waals surface area contributed by atoms with Gasteiger partial charge in [-0.25, -0.2) is 0 Å². The average Bonchev–Trinajstić information content (AvgIpc) is 2.74. The summed E-state index contributed by atoms with van der Waals surface area (Å²) in [5, 5.41) is 2.86. The summed E-state index contributed by atoms with van der Waals surface area (Å²) in [6, 6.07) is 16.4. The first-order chi connectivity index (χ1) is 14.2. The van der Waals surface area contributed by atoms with Crippen LogP contribution in [0.15, 0.2) is 65.6 Å². The number of hydrogen-bond donors (Lipinski definition) is 1. The second-order valence-electron chi connectivity index (χ2n) is 6.89. The van der Waals surface area contributed by atoms with Crippen molar-refractivity contribution in [2.45, 2.75) is 25.7 Å². The fraction of sp³-hybridized carbons (Fsp3) is 0.174. The summed E-state index contributed by atoms with van der Waals surface area (Å²) in [7, 11) is -2.50. The molecule has 3 aromatic carbocycles. The second-order valence-corrected chi connectivity index (χ2v) is 8.44. The molecule has 30 heavy (non-hydrogen) atoms. The van der Waals surface area contributed by atoms with Crippen LogP contribution in [-0.4, -0.2) is 21.4 Å². The van der Waals surface area contributed by atoms with E-state index in [9.17, 15) is 13.2 Å². The van der Waals surface area contributed by atoms with Crippen molar-refractivity contribution < 1.29 is 22.1 Å². The van der Waals surface area contributed by atoms with Crippen molar-refractivity contribution in [3.05, 3.63) is 82.9 Å². The molecule has 0 atom stereocenters. The topological polar surface area (TPSA) is 81.7 Å². The van der Waals surface area contributed by atoms with Gasteiger partial charge >= 0.3 is 10.1 Å². The van der Waals surface area contributed by atoms with Crippen LogP contribution >= 0.6 is 0 Å². The third kappa shape index (κ3) is 4.63. The quantitative estimate of drug-likeness (QED) is 0.582. The smallest absolute Gasteiger partial charge is 0.339 e. The standard InChI is InChI=1S/C23H23NO5S/c1-15-5-7-18(8-6-15)23(25)24-21-13-14-22(17(3)16(21)2)29-30(26,27)20-11-9-19(28-4)10-12-20/h5-14H,1-4H3,(H,24,25). The Morgan fingerprint density at radius 1 is 0.833 bits per heavy atom.